The summed E-state index contributed by atoms with van der Waals surface area (Å²) in [5.74, 6) is 0. The molecule has 2 fully saturated rings. The second-order valence-corrected chi connectivity index (χ2v) is 6.71. The van der Waals surface area contributed by atoms with Crippen LogP contribution in [0, 0.1) is 0 Å². The van der Waals surface area contributed by atoms with E-state index in [4.69, 9.17) is 9.47 Å². The third-order valence-corrected chi connectivity index (χ3v) is 5.42. The van der Waals surface area contributed by atoms with Gasteiger partial charge in [-0.05, 0) is 38.1 Å². The van der Waals surface area contributed by atoms with E-state index in [-0.39, 0.29) is 12.2 Å². The highest BCUT2D eigenvalue weighted by Crippen LogP contribution is 2.32. The van der Waals surface area contributed by atoms with Gasteiger partial charge >= 0.3 is 0 Å². The smallest absolute Gasteiger partial charge is 0.0992 e. The highest BCUT2D eigenvalue weighted by molar-refractivity contribution is 5.03. The van der Waals surface area contributed by atoms with Gasteiger partial charge in [0.05, 0.1) is 31.1 Å². The predicted octanol–water partition coefficient (Wildman–Crippen LogP) is 2.17. The maximum atomic E-state index is 6.15. The van der Waals surface area contributed by atoms with E-state index >= 15 is 0 Å². The predicted molar refractivity (Wildman–Crippen MR) is 94.9 cm³/mol. The molecule has 2 heterocycles. The molecule has 1 aromatic rings. The van der Waals surface area contributed by atoms with Crippen molar-refractivity contribution in [1.29, 1.82) is 0 Å². The number of rotatable bonds is 8. The summed E-state index contributed by atoms with van der Waals surface area (Å²) >= 11 is 0. The van der Waals surface area contributed by atoms with E-state index < -0.39 is 0 Å². The first-order chi connectivity index (χ1) is 11.8. The molecule has 0 N–H and O–H groups in total. The van der Waals surface area contributed by atoms with Gasteiger partial charge in [0, 0.05) is 31.9 Å². The minimum atomic E-state index is 0.202. The second-order valence-electron chi connectivity index (χ2n) is 6.71. The lowest BCUT2D eigenvalue weighted by Gasteiger charge is -2.39. The Balaban J connectivity index is 1.51. The van der Waals surface area contributed by atoms with Gasteiger partial charge in [0.2, 0.25) is 0 Å². The van der Waals surface area contributed by atoms with E-state index in [9.17, 15) is 0 Å². The summed E-state index contributed by atoms with van der Waals surface area (Å²) in [5, 5.41) is 0. The van der Waals surface area contributed by atoms with Crippen LogP contribution in [0.1, 0.15) is 32.4 Å². The molecule has 5 nitrogen and oxygen atoms in total. The Morgan fingerprint density at radius 3 is 2.92 bits per heavy atom. The van der Waals surface area contributed by atoms with Gasteiger partial charge in [-0.15, -0.1) is 0 Å². The fourth-order valence-corrected chi connectivity index (χ4v) is 3.93. The van der Waals surface area contributed by atoms with Crippen molar-refractivity contribution in [3.05, 3.63) is 30.1 Å². The zero-order valence-corrected chi connectivity index (χ0v) is 15.1. The lowest BCUT2D eigenvalue weighted by Crippen LogP contribution is -2.53. The van der Waals surface area contributed by atoms with Gasteiger partial charge in [-0.1, -0.05) is 19.9 Å². The number of hydrogen-bond donors (Lipinski definition) is 0. The molecule has 0 aromatic carbocycles. The molecule has 1 aliphatic heterocycles. The number of likely N-dealkylation sites (N-methyl/N-ethyl adjacent to an activating group) is 1. The summed E-state index contributed by atoms with van der Waals surface area (Å²) in [4.78, 5) is 9.46. The molecule has 134 valence electrons. The third-order valence-electron chi connectivity index (χ3n) is 5.42. The topological polar surface area (TPSA) is 37.8 Å². The molecule has 5 heteroatoms. The van der Waals surface area contributed by atoms with E-state index in [0.29, 0.717) is 12.6 Å². The van der Waals surface area contributed by atoms with Gasteiger partial charge in [0.25, 0.3) is 0 Å². The fourth-order valence-electron chi connectivity index (χ4n) is 3.93. The van der Waals surface area contributed by atoms with Crippen LogP contribution < -0.4 is 0 Å². The van der Waals surface area contributed by atoms with Crippen LogP contribution in [0.2, 0.25) is 0 Å². The van der Waals surface area contributed by atoms with Crippen molar-refractivity contribution in [3.8, 4) is 0 Å². The summed E-state index contributed by atoms with van der Waals surface area (Å²) in [7, 11) is 0. The van der Waals surface area contributed by atoms with Crippen molar-refractivity contribution in [2.45, 2.75) is 51.5 Å². The molecule has 1 aromatic heterocycles. The number of ether oxygens (including phenoxy) is 2. The van der Waals surface area contributed by atoms with Crippen LogP contribution in [-0.4, -0.2) is 72.4 Å². The zero-order chi connectivity index (χ0) is 16.8. The zero-order valence-electron chi connectivity index (χ0n) is 15.1. The summed E-state index contributed by atoms with van der Waals surface area (Å²) < 4.78 is 12.2. The van der Waals surface area contributed by atoms with Crippen LogP contribution >= 0.6 is 0 Å². The van der Waals surface area contributed by atoms with E-state index in [1.807, 2.05) is 24.4 Å². The Bertz CT molecular complexity index is 481. The molecule has 0 amide bonds. The van der Waals surface area contributed by atoms with Crippen LogP contribution in [-0.2, 0) is 16.1 Å². The van der Waals surface area contributed by atoms with E-state index in [1.165, 1.54) is 6.42 Å². The first-order valence-corrected chi connectivity index (χ1v) is 9.41. The fraction of sp³-hybridized carbons (Fsp3) is 0.737. The largest absolute Gasteiger partial charge is 0.373 e. The van der Waals surface area contributed by atoms with Crippen LogP contribution in [0.25, 0.3) is 0 Å². The molecule has 0 unspecified atom stereocenters. The molecule has 3 atom stereocenters. The minimum Gasteiger partial charge on any atom is -0.373 e. The van der Waals surface area contributed by atoms with E-state index in [0.717, 1.165) is 51.4 Å². The average molecular weight is 333 g/mol. The van der Waals surface area contributed by atoms with E-state index in [1.54, 1.807) is 0 Å². The number of pyridine rings is 1. The normalized spacial score (nSPS) is 27.5. The number of nitrogens with zero attached hydrogens (tertiary/aromatic N) is 3. The van der Waals surface area contributed by atoms with E-state index in [2.05, 4.69) is 28.6 Å². The van der Waals surface area contributed by atoms with Crippen LogP contribution in [0.3, 0.4) is 0 Å². The SMILES string of the molecule is CCN(CC)CCN1CCO[C@H]2[C@@H](OCc3ccccn3)CC[C@@H]21. The lowest BCUT2D eigenvalue weighted by molar-refractivity contribution is -0.117. The van der Waals surface area contributed by atoms with Crippen molar-refractivity contribution in [2.24, 2.45) is 0 Å². The Morgan fingerprint density at radius 1 is 1.29 bits per heavy atom. The quantitative estimate of drug-likeness (QED) is 0.729. The first kappa shape index (κ1) is 17.8. The Kier molecular flexibility index (Phi) is 6.60. The molecular formula is C19H31N3O2. The number of fused-ring (bicyclic) bond motifs is 1. The van der Waals surface area contributed by atoms with Crippen LogP contribution in [0.4, 0.5) is 0 Å². The standard InChI is InChI=1S/C19H31N3O2/c1-3-21(4-2)11-12-22-13-14-23-19-17(22)8-9-18(19)24-15-16-7-5-6-10-20-16/h5-7,10,17-19H,3-4,8-9,11-15H2,1-2H3/t17-,18-,19+/m0/s1. The summed E-state index contributed by atoms with van der Waals surface area (Å²) in [5.41, 5.74) is 0.996. The van der Waals surface area contributed by atoms with Crippen molar-refractivity contribution < 1.29 is 9.47 Å². The Hall–Kier alpha value is -1.01. The summed E-state index contributed by atoms with van der Waals surface area (Å²) in [6.45, 7) is 11.5. The lowest BCUT2D eigenvalue weighted by atomic mass is 10.1. The highest BCUT2D eigenvalue weighted by atomic mass is 16.5. The molecule has 2 aliphatic rings. The number of morpholine rings is 1. The average Bonchev–Trinajstić information content (AvgIpc) is 3.05. The molecule has 1 saturated heterocycles. The third kappa shape index (κ3) is 4.33. The van der Waals surface area contributed by atoms with Crippen molar-refractivity contribution >= 4 is 0 Å². The second kappa shape index (κ2) is 8.90. The summed E-state index contributed by atoms with van der Waals surface area (Å²) in [6.07, 6.45) is 4.51. The maximum absolute atomic E-state index is 6.15. The molecule has 3 rings (SSSR count). The van der Waals surface area contributed by atoms with Gasteiger partial charge in [-0.3, -0.25) is 9.88 Å². The Labute approximate surface area is 145 Å². The highest BCUT2D eigenvalue weighted by Gasteiger charge is 2.43. The molecule has 0 bridgehead atoms. The molecule has 1 aliphatic carbocycles. The molecule has 0 radical (unpaired) electrons. The van der Waals surface area contributed by atoms with Crippen molar-refractivity contribution in [1.82, 2.24) is 14.8 Å². The number of aromatic nitrogens is 1. The van der Waals surface area contributed by atoms with Crippen molar-refractivity contribution in [3.63, 3.8) is 0 Å². The van der Waals surface area contributed by atoms with Gasteiger partial charge in [-0.2, -0.15) is 0 Å². The van der Waals surface area contributed by atoms with Gasteiger partial charge in [0.1, 0.15) is 0 Å². The van der Waals surface area contributed by atoms with Gasteiger partial charge in [0.15, 0.2) is 0 Å². The molecule has 0 spiro atoms. The van der Waals surface area contributed by atoms with Gasteiger partial charge < -0.3 is 14.4 Å². The Morgan fingerprint density at radius 2 is 2.17 bits per heavy atom. The molecular weight excluding hydrogens is 302 g/mol. The molecule has 24 heavy (non-hydrogen) atoms. The van der Waals surface area contributed by atoms with Crippen LogP contribution in [0.5, 0.6) is 0 Å². The van der Waals surface area contributed by atoms with Gasteiger partial charge in [-0.25, -0.2) is 0 Å². The number of hydrogen-bond acceptors (Lipinski definition) is 5. The van der Waals surface area contributed by atoms with Crippen molar-refractivity contribution in [2.75, 3.05) is 39.3 Å². The summed E-state index contributed by atoms with van der Waals surface area (Å²) in [6, 6.07) is 6.48. The monoisotopic (exact) mass is 333 g/mol. The first-order valence-electron chi connectivity index (χ1n) is 9.41. The maximum Gasteiger partial charge on any atom is 0.0992 e. The molecule has 1 saturated carbocycles. The minimum absolute atomic E-state index is 0.202. The van der Waals surface area contributed by atoms with Crippen LogP contribution in [0.15, 0.2) is 24.4 Å².